The van der Waals surface area contributed by atoms with Crippen molar-refractivity contribution < 1.29 is 23.4 Å². The number of benzene rings is 2. The molecule has 0 bridgehead atoms. The van der Waals surface area contributed by atoms with Gasteiger partial charge in [0.15, 0.2) is 0 Å². The van der Waals surface area contributed by atoms with Gasteiger partial charge in [0, 0.05) is 13.1 Å². The average Bonchev–Trinajstić information content (AvgIpc) is 3.20. The van der Waals surface area contributed by atoms with Gasteiger partial charge in [0.05, 0.1) is 19.9 Å². The Balaban J connectivity index is 1.58. The Morgan fingerprint density at radius 1 is 1.04 bits per heavy atom. The zero-order valence-corrected chi connectivity index (χ0v) is 15.8. The van der Waals surface area contributed by atoms with Gasteiger partial charge in [-0.1, -0.05) is 12.1 Å². The fraction of sp³-hybridized carbons (Fsp3) is 0.273. The fourth-order valence-corrected chi connectivity index (χ4v) is 2.92. The molecule has 6 heteroatoms. The molecule has 1 heterocycles. The van der Waals surface area contributed by atoms with Gasteiger partial charge >= 0.3 is 0 Å². The van der Waals surface area contributed by atoms with Crippen molar-refractivity contribution in [1.82, 2.24) is 4.90 Å². The number of aliphatic hydroxyl groups is 1. The van der Waals surface area contributed by atoms with E-state index in [1.807, 2.05) is 23.1 Å². The largest absolute Gasteiger partial charge is 0.497 e. The van der Waals surface area contributed by atoms with Crippen molar-refractivity contribution in [3.8, 4) is 11.5 Å². The number of rotatable bonds is 10. The standard InChI is InChI=1S/C22H24FNO4/c1-26-20-7-9-21(10-8-20)28-16-19(25)14-24(15-22-6-3-11-27-22)13-17-4-2-5-18(23)12-17/h2-12,19,25H,13-16H2,1H3/t19-/m1/s1. The van der Waals surface area contributed by atoms with E-state index in [-0.39, 0.29) is 12.4 Å². The van der Waals surface area contributed by atoms with Crippen LogP contribution in [0.4, 0.5) is 4.39 Å². The molecule has 0 aliphatic carbocycles. The lowest BCUT2D eigenvalue weighted by atomic mass is 10.2. The molecule has 0 amide bonds. The first-order chi connectivity index (χ1) is 13.6. The van der Waals surface area contributed by atoms with Crippen LogP contribution in [0.15, 0.2) is 71.3 Å². The van der Waals surface area contributed by atoms with E-state index in [1.165, 1.54) is 12.1 Å². The van der Waals surface area contributed by atoms with Gasteiger partial charge in [0.1, 0.15) is 35.8 Å². The van der Waals surface area contributed by atoms with E-state index in [9.17, 15) is 9.50 Å². The zero-order valence-electron chi connectivity index (χ0n) is 15.8. The van der Waals surface area contributed by atoms with Crippen molar-refractivity contribution in [1.29, 1.82) is 0 Å². The molecule has 0 aliphatic heterocycles. The average molecular weight is 385 g/mol. The van der Waals surface area contributed by atoms with E-state index >= 15 is 0 Å². The number of halogens is 1. The summed E-state index contributed by atoms with van der Waals surface area (Å²) in [4.78, 5) is 2.00. The number of ether oxygens (including phenoxy) is 2. The van der Waals surface area contributed by atoms with Gasteiger partial charge in [-0.15, -0.1) is 0 Å². The topological polar surface area (TPSA) is 55.1 Å². The van der Waals surface area contributed by atoms with Gasteiger partial charge in [-0.25, -0.2) is 4.39 Å². The van der Waals surface area contributed by atoms with Crippen molar-refractivity contribution in [2.45, 2.75) is 19.2 Å². The van der Waals surface area contributed by atoms with E-state index in [2.05, 4.69) is 0 Å². The third-order valence-corrected chi connectivity index (χ3v) is 4.23. The maximum Gasteiger partial charge on any atom is 0.123 e. The molecule has 2 aromatic carbocycles. The van der Waals surface area contributed by atoms with E-state index < -0.39 is 6.10 Å². The third kappa shape index (κ3) is 6.11. The second-order valence-corrected chi connectivity index (χ2v) is 6.52. The molecule has 3 rings (SSSR count). The number of hydrogen-bond donors (Lipinski definition) is 1. The summed E-state index contributed by atoms with van der Waals surface area (Å²) >= 11 is 0. The zero-order chi connectivity index (χ0) is 19.8. The number of hydrogen-bond acceptors (Lipinski definition) is 5. The second kappa shape index (κ2) is 9.92. The van der Waals surface area contributed by atoms with Crippen LogP contribution < -0.4 is 9.47 Å². The normalized spacial score (nSPS) is 12.1. The van der Waals surface area contributed by atoms with Crippen molar-refractivity contribution in [3.63, 3.8) is 0 Å². The third-order valence-electron chi connectivity index (χ3n) is 4.23. The summed E-state index contributed by atoms with van der Waals surface area (Å²) in [5, 5.41) is 10.4. The van der Waals surface area contributed by atoms with Gasteiger partial charge in [0.2, 0.25) is 0 Å². The summed E-state index contributed by atoms with van der Waals surface area (Å²) in [6.45, 7) is 1.48. The molecule has 0 radical (unpaired) electrons. The lowest BCUT2D eigenvalue weighted by molar-refractivity contribution is 0.0604. The van der Waals surface area contributed by atoms with Gasteiger partial charge < -0.3 is 19.0 Å². The van der Waals surface area contributed by atoms with Crippen LogP contribution in [0.2, 0.25) is 0 Å². The van der Waals surface area contributed by atoms with Gasteiger partial charge in [-0.05, 0) is 54.1 Å². The van der Waals surface area contributed by atoms with Crippen molar-refractivity contribution in [2.75, 3.05) is 20.3 Å². The lowest BCUT2D eigenvalue weighted by Gasteiger charge is -2.24. The smallest absolute Gasteiger partial charge is 0.123 e. The van der Waals surface area contributed by atoms with Gasteiger partial charge in [-0.2, -0.15) is 0 Å². The molecule has 1 N–H and O–H groups in total. The summed E-state index contributed by atoms with van der Waals surface area (Å²) < 4.78 is 29.7. The molecule has 3 aromatic rings. The summed E-state index contributed by atoms with van der Waals surface area (Å²) in [5.41, 5.74) is 0.829. The second-order valence-electron chi connectivity index (χ2n) is 6.52. The molecule has 0 spiro atoms. The molecule has 0 saturated carbocycles. The Kier molecular flexibility index (Phi) is 7.06. The highest BCUT2D eigenvalue weighted by Crippen LogP contribution is 2.18. The number of aliphatic hydroxyl groups excluding tert-OH is 1. The first kappa shape index (κ1) is 19.9. The quantitative estimate of drug-likeness (QED) is 0.574. The molecule has 0 fully saturated rings. The van der Waals surface area contributed by atoms with Crippen molar-refractivity contribution in [2.24, 2.45) is 0 Å². The number of furan rings is 1. The SMILES string of the molecule is COc1ccc(OC[C@H](O)CN(Cc2cccc(F)c2)Cc2ccco2)cc1. The van der Waals surface area contributed by atoms with Crippen LogP contribution in [0, 0.1) is 5.82 Å². The first-order valence-electron chi connectivity index (χ1n) is 9.06. The summed E-state index contributed by atoms with van der Waals surface area (Å²) in [6.07, 6.45) is 0.893. The number of nitrogens with zero attached hydrogens (tertiary/aromatic N) is 1. The monoisotopic (exact) mass is 385 g/mol. The van der Waals surface area contributed by atoms with Crippen LogP contribution in [-0.4, -0.2) is 36.4 Å². The van der Waals surface area contributed by atoms with Gasteiger partial charge in [-0.3, -0.25) is 4.90 Å². The van der Waals surface area contributed by atoms with Crippen LogP contribution in [0.5, 0.6) is 11.5 Å². The summed E-state index contributed by atoms with van der Waals surface area (Å²) in [5.74, 6) is 1.90. The van der Waals surface area contributed by atoms with Gasteiger partial charge in [0.25, 0.3) is 0 Å². The van der Waals surface area contributed by atoms with Crippen molar-refractivity contribution >= 4 is 0 Å². The van der Waals surface area contributed by atoms with Crippen LogP contribution >= 0.6 is 0 Å². The molecule has 148 valence electrons. The Hall–Kier alpha value is -2.83. The van der Waals surface area contributed by atoms with Crippen molar-refractivity contribution in [3.05, 3.63) is 84.1 Å². The van der Waals surface area contributed by atoms with E-state index in [1.54, 1.807) is 43.7 Å². The molecule has 28 heavy (non-hydrogen) atoms. The van der Waals surface area contributed by atoms with E-state index in [0.717, 1.165) is 17.1 Å². The van der Waals surface area contributed by atoms with Crippen LogP contribution in [0.1, 0.15) is 11.3 Å². The summed E-state index contributed by atoms with van der Waals surface area (Å²) in [6, 6.07) is 17.3. The van der Waals surface area contributed by atoms with E-state index in [0.29, 0.717) is 25.4 Å². The highest BCUT2D eigenvalue weighted by atomic mass is 19.1. The molecule has 0 saturated heterocycles. The summed E-state index contributed by atoms with van der Waals surface area (Å²) in [7, 11) is 1.60. The Labute approximate surface area is 163 Å². The van der Waals surface area contributed by atoms with Crippen LogP contribution in [0.3, 0.4) is 0 Å². The molecule has 0 unspecified atom stereocenters. The molecule has 1 aromatic heterocycles. The first-order valence-corrected chi connectivity index (χ1v) is 9.06. The molecule has 0 aliphatic rings. The predicted molar refractivity (Wildman–Crippen MR) is 104 cm³/mol. The number of methoxy groups -OCH3 is 1. The predicted octanol–water partition coefficient (Wildman–Crippen LogP) is 3.87. The van der Waals surface area contributed by atoms with Crippen LogP contribution in [0.25, 0.3) is 0 Å². The maximum absolute atomic E-state index is 13.5. The Morgan fingerprint density at radius 3 is 2.50 bits per heavy atom. The molecular weight excluding hydrogens is 361 g/mol. The molecule has 5 nitrogen and oxygen atoms in total. The van der Waals surface area contributed by atoms with Crippen LogP contribution in [-0.2, 0) is 13.1 Å². The Bertz CT molecular complexity index is 836. The minimum Gasteiger partial charge on any atom is -0.497 e. The Morgan fingerprint density at radius 2 is 1.82 bits per heavy atom. The highest BCUT2D eigenvalue weighted by Gasteiger charge is 2.15. The fourth-order valence-electron chi connectivity index (χ4n) is 2.92. The lowest BCUT2D eigenvalue weighted by Crippen LogP contribution is -2.35. The molecule has 1 atom stereocenters. The van der Waals surface area contributed by atoms with E-state index in [4.69, 9.17) is 13.9 Å². The minimum atomic E-state index is -0.717. The molecular formula is C22H24FNO4. The highest BCUT2D eigenvalue weighted by molar-refractivity contribution is 5.31. The maximum atomic E-state index is 13.5. The minimum absolute atomic E-state index is 0.143.